The van der Waals surface area contributed by atoms with Gasteiger partial charge in [0.1, 0.15) is 5.82 Å². The number of hydrogen-bond donors (Lipinski definition) is 1. The van der Waals surface area contributed by atoms with E-state index in [-0.39, 0.29) is 11.4 Å². The molecule has 2 N–H and O–H groups in total. The van der Waals surface area contributed by atoms with Crippen LogP contribution in [-0.4, -0.2) is 15.7 Å². The molecule has 0 saturated carbocycles. The second-order valence-electron chi connectivity index (χ2n) is 5.48. The third-order valence-electron chi connectivity index (χ3n) is 3.65. The number of allylic oxidation sites excluding steroid dienone is 5. The number of nitrogens with zero attached hydrogens (tertiary/aromatic N) is 3. The van der Waals surface area contributed by atoms with Crippen molar-refractivity contribution in [2.75, 3.05) is 0 Å². The Morgan fingerprint density at radius 2 is 2.12 bits per heavy atom. The van der Waals surface area contributed by atoms with Gasteiger partial charge in [-0.2, -0.15) is 10.4 Å². The van der Waals surface area contributed by atoms with Gasteiger partial charge in [0.15, 0.2) is 0 Å². The Bertz CT molecular complexity index is 945. The molecule has 5 nitrogen and oxygen atoms in total. The molecule has 1 aromatic carbocycles. The highest BCUT2D eigenvalue weighted by atomic mass is 19.1. The molecule has 0 bridgehead atoms. The Labute approximate surface area is 145 Å². The second-order valence-corrected chi connectivity index (χ2v) is 5.48. The highest BCUT2D eigenvalue weighted by Crippen LogP contribution is 2.24. The molecular weight excluding hydrogens is 319 g/mol. The number of aromatic nitrogens is 2. The van der Waals surface area contributed by atoms with E-state index in [9.17, 15) is 14.4 Å². The zero-order valence-electron chi connectivity index (χ0n) is 14.0. The summed E-state index contributed by atoms with van der Waals surface area (Å²) < 4.78 is 15.0. The molecule has 0 aliphatic heterocycles. The molecule has 0 fully saturated rings. The number of aryl methyl sites for hydroxylation is 1. The summed E-state index contributed by atoms with van der Waals surface area (Å²) in [5.41, 5.74) is 8.21. The van der Waals surface area contributed by atoms with E-state index < -0.39 is 5.91 Å². The minimum atomic E-state index is -0.560. The molecule has 0 aliphatic rings. The first-order valence-electron chi connectivity index (χ1n) is 7.43. The fourth-order valence-electron chi connectivity index (χ4n) is 2.17. The first-order chi connectivity index (χ1) is 11.8. The summed E-state index contributed by atoms with van der Waals surface area (Å²) in [6.45, 7) is 7.19. The normalized spacial score (nSPS) is 11.9. The highest BCUT2D eigenvalue weighted by Gasteiger charge is 2.08. The average molecular weight is 336 g/mol. The number of carbonyl (C=O) groups is 1. The van der Waals surface area contributed by atoms with Crippen LogP contribution in [0.25, 0.3) is 11.3 Å². The van der Waals surface area contributed by atoms with Crippen molar-refractivity contribution < 1.29 is 9.18 Å². The van der Waals surface area contributed by atoms with Crippen molar-refractivity contribution in [3.05, 3.63) is 77.4 Å². The summed E-state index contributed by atoms with van der Waals surface area (Å²) in [4.78, 5) is 11.1. The van der Waals surface area contributed by atoms with E-state index in [1.54, 1.807) is 38.1 Å². The quantitative estimate of drug-likeness (QED) is 0.670. The number of rotatable bonds is 5. The molecule has 1 amide bonds. The topological polar surface area (TPSA) is 84.7 Å². The van der Waals surface area contributed by atoms with Crippen molar-refractivity contribution in [2.24, 2.45) is 5.73 Å². The molecule has 0 saturated heterocycles. The van der Waals surface area contributed by atoms with Gasteiger partial charge in [0.2, 0.25) is 0 Å². The van der Waals surface area contributed by atoms with Crippen LogP contribution in [0.1, 0.15) is 28.4 Å². The number of halogens is 1. The first kappa shape index (κ1) is 17.9. The molecule has 25 heavy (non-hydrogen) atoms. The van der Waals surface area contributed by atoms with Crippen molar-refractivity contribution in [3.63, 3.8) is 0 Å². The lowest BCUT2D eigenvalue weighted by atomic mass is 9.97. The van der Waals surface area contributed by atoms with Gasteiger partial charge in [0.05, 0.1) is 23.4 Å². The fourth-order valence-corrected chi connectivity index (χ4v) is 2.17. The summed E-state index contributed by atoms with van der Waals surface area (Å²) in [5.74, 6) is -0.872. The molecule has 0 aliphatic carbocycles. The van der Waals surface area contributed by atoms with E-state index in [0.29, 0.717) is 28.0 Å². The average Bonchev–Trinajstić information content (AvgIpc) is 3.08. The van der Waals surface area contributed by atoms with E-state index in [1.807, 2.05) is 6.07 Å². The molecular formula is C19H17FN4O. The Morgan fingerprint density at radius 1 is 1.40 bits per heavy atom. The van der Waals surface area contributed by atoms with Crippen LogP contribution in [-0.2, 0) is 0 Å². The number of amides is 1. The second kappa shape index (κ2) is 7.41. The van der Waals surface area contributed by atoms with Crippen LogP contribution in [0.15, 0.2) is 54.9 Å². The molecule has 6 heteroatoms. The maximum atomic E-state index is 13.5. The number of benzene rings is 1. The van der Waals surface area contributed by atoms with Crippen LogP contribution in [0.4, 0.5) is 4.39 Å². The largest absolute Gasteiger partial charge is 0.366 e. The summed E-state index contributed by atoms with van der Waals surface area (Å²) in [5, 5.41) is 13.2. The zero-order chi connectivity index (χ0) is 18.6. The van der Waals surface area contributed by atoms with Crippen LogP contribution < -0.4 is 5.73 Å². The molecule has 1 heterocycles. The number of carbonyl (C=O) groups excluding carboxylic acids is 1. The van der Waals surface area contributed by atoms with Crippen molar-refractivity contribution in [1.29, 1.82) is 5.26 Å². The molecule has 126 valence electrons. The number of primary amides is 1. The van der Waals surface area contributed by atoms with E-state index in [1.165, 1.54) is 23.1 Å². The van der Waals surface area contributed by atoms with Crippen LogP contribution in [0.3, 0.4) is 0 Å². The summed E-state index contributed by atoms with van der Waals surface area (Å²) in [7, 11) is 0. The van der Waals surface area contributed by atoms with Gasteiger partial charge in [-0.1, -0.05) is 18.7 Å². The van der Waals surface area contributed by atoms with E-state index >= 15 is 0 Å². The minimum absolute atomic E-state index is 0.258. The SMILES string of the molecule is C=C(C#N)/C(=C\C=C(/C)n1cc(C(N)=O)cn1)c1ccc(F)c(C)c1. The van der Waals surface area contributed by atoms with Gasteiger partial charge < -0.3 is 5.73 Å². The molecule has 0 radical (unpaired) electrons. The first-order valence-corrected chi connectivity index (χ1v) is 7.43. The minimum Gasteiger partial charge on any atom is -0.366 e. The Morgan fingerprint density at radius 3 is 2.68 bits per heavy atom. The number of nitriles is 1. The van der Waals surface area contributed by atoms with Gasteiger partial charge in [0.25, 0.3) is 5.91 Å². The van der Waals surface area contributed by atoms with Gasteiger partial charge in [-0.3, -0.25) is 4.79 Å². The monoisotopic (exact) mass is 336 g/mol. The molecule has 1 aromatic heterocycles. The molecule has 2 aromatic rings. The lowest BCUT2D eigenvalue weighted by Gasteiger charge is -2.07. The number of hydrogen-bond acceptors (Lipinski definition) is 3. The van der Waals surface area contributed by atoms with Gasteiger partial charge in [0, 0.05) is 11.9 Å². The maximum absolute atomic E-state index is 13.5. The van der Waals surface area contributed by atoms with E-state index in [2.05, 4.69) is 11.7 Å². The van der Waals surface area contributed by atoms with E-state index in [4.69, 9.17) is 5.73 Å². The third kappa shape index (κ3) is 4.09. The Kier molecular flexibility index (Phi) is 5.30. The standard InChI is InChI=1S/C19H17FN4O/c1-12-8-15(5-7-18(12)20)17(13(2)9-21)6-4-14(3)24-11-16(10-23-24)19(22)25/h4-8,10-11H,2H2,1,3H3,(H2,22,25)/b14-4+,17-6+. The zero-order valence-corrected chi connectivity index (χ0v) is 14.0. The molecule has 2 rings (SSSR count). The van der Waals surface area contributed by atoms with Crippen molar-refractivity contribution in [2.45, 2.75) is 13.8 Å². The van der Waals surface area contributed by atoms with Gasteiger partial charge >= 0.3 is 0 Å². The lowest BCUT2D eigenvalue weighted by molar-refractivity contribution is 0.100. The predicted molar refractivity (Wildman–Crippen MR) is 94.6 cm³/mol. The Balaban J connectivity index is 2.43. The van der Waals surface area contributed by atoms with Crippen molar-refractivity contribution >= 4 is 17.2 Å². The van der Waals surface area contributed by atoms with Crippen LogP contribution in [0.5, 0.6) is 0 Å². The molecule has 0 atom stereocenters. The summed E-state index contributed by atoms with van der Waals surface area (Å²) >= 11 is 0. The summed E-state index contributed by atoms with van der Waals surface area (Å²) in [6.07, 6.45) is 6.33. The summed E-state index contributed by atoms with van der Waals surface area (Å²) in [6, 6.07) is 6.62. The van der Waals surface area contributed by atoms with Crippen LogP contribution in [0, 0.1) is 24.1 Å². The van der Waals surface area contributed by atoms with E-state index in [0.717, 1.165) is 0 Å². The predicted octanol–water partition coefficient (Wildman–Crippen LogP) is 3.45. The maximum Gasteiger partial charge on any atom is 0.251 e. The highest BCUT2D eigenvalue weighted by molar-refractivity contribution is 5.92. The van der Waals surface area contributed by atoms with Gasteiger partial charge in [-0.05, 0) is 48.8 Å². The molecule has 0 spiro atoms. The molecule has 0 unspecified atom stereocenters. The van der Waals surface area contributed by atoms with Crippen LogP contribution in [0.2, 0.25) is 0 Å². The van der Waals surface area contributed by atoms with Gasteiger partial charge in [-0.15, -0.1) is 0 Å². The smallest absolute Gasteiger partial charge is 0.251 e. The van der Waals surface area contributed by atoms with Crippen molar-refractivity contribution in [3.8, 4) is 6.07 Å². The lowest BCUT2D eigenvalue weighted by Crippen LogP contribution is -2.09. The fraction of sp³-hybridized carbons (Fsp3) is 0.105. The van der Waals surface area contributed by atoms with Crippen LogP contribution >= 0.6 is 0 Å². The number of nitrogens with two attached hydrogens (primary N) is 1. The Hall–Kier alpha value is -3.46. The van der Waals surface area contributed by atoms with Crippen molar-refractivity contribution in [1.82, 2.24) is 9.78 Å². The third-order valence-corrected chi connectivity index (χ3v) is 3.65. The van der Waals surface area contributed by atoms with Gasteiger partial charge in [-0.25, -0.2) is 9.07 Å².